The van der Waals surface area contributed by atoms with Gasteiger partial charge in [0.25, 0.3) is 5.91 Å². The van der Waals surface area contributed by atoms with Crippen LogP contribution in [0.4, 0.5) is 0 Å². The minimum atomic E-state index is -0.225. The molecule has 0 bridgehead atoms. The first kappa shape index (κ1) is 16.0. The van der Waals surface area contributed by atoms with Crippen molar-refractivity contribution >= 4 is 39.1 Å². The normalized spacial score (nSPS) is 12.0. The Kier molecular flexibility index (Phi) is 4.64. The van der Waals surface area contributed by atoms with Crippen molar-refractivity contribution in [2.75, 3.05) is 0 Å². The highest BCUT2D eigenvalue weighted by atomic mass is 35.5. The number of aromatic nitrogens is 1. The molecular formula is C18H17ClN2OS. The molecule has 0 unspecified atom stereocenters. The number of hydrogen-bond donors (Lipinski definition) is 0. The van der Waals surface area contributed by atoms with Gasteiger partial charge in [-0.2, -0.15) is 4.99 Å². The number of carbonyl (C=O) groups excluding carboxylic acids is 1. The summed E-state index contributed by atoms with van der Waals surface area (Å²) in [5, 5.41) is 0.691. The molecule has 1 aromatic heterocycles. The lowest BCUT2D eigenvalue weighted by atomic mass is 10.1. The third-order valence-corrected chi connectivity index (χ3v) is 4.94. The Morgan fingerprint density at radius 1 is 1.22 bits per heavy atom. The molecule has 0 radical (unpaired) electrons. The quantitative estimate of drug-likeness (QED) is 0.671. The Bertz CT molecular complexity index is 922. The zero-order valence-electron chi connectivity index (χ0n) is 13.0. The first-order valence-electron chi connectivity index (χ1n) is 7.53. The smallest absolute Gasteiger partial charge is 0.279 e. The van der Waals surface area contributed by atoms with Gasteiger partial charge < -0.3 is 4.57 Å². The fourth-order valence-corrected chi connectivity index (χ4v) is 3.86. The standard InChI is InChI=1S/C18H17ClN2OS/c1-3-11-21-16-14(19)5-4-6-15(16)23-18(21)20-17(22)13-9-7-12(2)8-10-13/h4-10H,3,11H2,1-2H3. The molecular weight excluding hydrogens is 328 g/mol. The lowest BCUT2D eigenvalue weighted by Crippen LogP contribution is -2.17. The van der Waals surface area contributed by atoms with Crippen LogP contribution in [-0.4, -0.2) is 10.5 Å². The maximum absolute atomic E-state index is 12.4. The van der Waals surface area contributed by atoms with Crippen LogP contribution in [0.5, 0.6) is 0 Å². The molecule has 1 heterocycles. The van der Waals surface area contributed by atoms with Gasteiger partial charge in [0.05, 0.1) is 15.2 Å². The largest absolute Gasteiger partial charge is 0.315 e. The molecule has 0 aliphatic heterocycles. The fraction of sp³-hybridized carbons (Fsp3) is 0.222. The van der Waals surface area contributed by atoms with Crippen LogP contribution in [0.25, 0.3) is 10.2 Å². The van der Waals surface area contributed by atoms with Crippen molar-refractivity contribution in [1.29, 1.82) is 0 Å². The predicted octanol–water partition coefficient (Wildman–Crippen LogP) is 4.82. The number of rotatable bonds is 3. The summed E-state index contributed by atoms with van der Waals surface area (Å²) in [5.41, 5.74) is 2.68. The molecule has 0 N–H and O–H groups in total. The van der Waals surface area contributed by atoms with Crippen LogP contribution in [0.1, 0.15) is 29.3 Å². The van der Waals surface area contributed by atoms with Crippen LogP contribution in [0, 0.1) is 6.92 Å². The van der Waals surface area contributed by atoms with E-state index in [1.54, 1.807) is 0 Å². The third-order valence-electron chi connectivity index (χ3n) is 3.59. The van der Waals surface area contributed by atoms with Crippen molar-refractivity contribution in [3.05, 3.63) is 63.4 Å². The van der Waals surface area contributed by atoms with Crippen LogP contribution >= 0.6 is 22.9 Å². The van der Waals surface area contributed by atoms with Crippen LogP contribution in [0.2, 0.25) is 5.02 Å². The van der Waals surface area contributed by atoms with Gasteiger partial charge in [0, 0.05) is 12.1 Å². The molecule has 0 atom stereocenters. The topological polar surface area (TPSA) is 34.4 Å². The van der Waals surface area contributed by atoms with Gasteiger partial charge in [0.1, 0.15) is 0 Å². The van der Waals surface area contributed by atoms with Crippen molar-refractivity contribution in [2.45, 2.75) is 26.8 Å². The lowest BCUT2D eigenvalue weighted by Gasteiger charge is -2.04. The van der Waals surface area contributed by atoms with Crippen molar-refractivity contribution in [1.82, 2.24) is 4.57 Å². The zero-order valence-corrected chi connectivity index (χ0v) is 14.6. The van der Waals surface area contributed by atoms with E-state index in [9.17, 15) is 4.79 Å². The summed E-state index contributed by atoms with van der Waals surface area (Å²) in [6, 6.07) is 13.3. The zero-order chi connectivity index (χ0) is 16.4. The Hall–Kier alpha value is -1.91. The number of thiazole rings is 1. The first-order valence-corrected chi connectivity index (χ1v) is 8.73. The van der Waals surface area contributed by atoms with E-state index in [1.165, 1.54) is 11.3 Å². The van der Waals surface area contributed by atoms with E-state index in [0.29, 0.717) is 15.4 Å². The number of carbonyl (C=O) groups is 1. The van der Waals surface area contributed by atoms with Crippen molar-refractivity contribution in [3.63, 3.8) is 0 Å². The Morgan fingerprint density at radius 3 is 2.65 bits per heavy atom. The van der Waals surface area contributed by atoms with E-state index in [-0.39, 0.29) is 5.91 Å². The Labute approximate surface area is 143 Å². The summed E-state index contributed by atoms with van der Waals surface area (Å²) >= 11 is 7.84. The average molecular weight is 345 g/mol. The van der Waals surface area contributed by atoms with E-state index in [0.717, 1.165) is 28.7 Å². The molecule has 3 aromatic rings. The number of para-hydroxylation sites is 1. The molecule has 0 aliphatic carbocycles. The van der Waals surface area contributed by atoms with Gasteiger partial charge in [-0.3, -0.25) is 4.79 Å². The minimum absolute atomic E-state index is 0.225. The average Bonchev–Trinajstić information content (AvgIpc) is 2.87. The van der Waals surface area contributed by atoms with Crippen LogP contribution < -0.4 is 4.80 Å². The van der Waals surface area contributed by atoms with E-state index >= 15 is 0 Å². The Balaban J connectivity index is 2.14. The number of nitrogens with zero attached hydrogens (tertiary/aromatic N) is 2. The van der Waals surface area contributed by atoms with Crippen molar-refractivity contribution < 1.29 is 4.79 Å². The molecule has 0 aliphatic rings. The van der Waals surface area contributed by atoms with Gasteiger partial charge >= 0.3 is 0 Å². The number of hydrogen-bond acceptors (Lipinski definition) is 2. The maximum Gasteiger partial charge on any atom is 0.279 e. The van der Waals surface area contributed by atoms with Gasteiger partial charge in [0.2, 0.25) is 0 Å². The highest BCUT2D eigenvalue weighted by Gasteiger charge is 2.11. The molecule has 1 amide bonds. The summed E-state index contributed by atoms with van der Waals surface area (Å²) in [5.74, 6) is -0.225. The molecule has 0 fully saturated rings. The van der Waals surface area contributed by atoms with Crippen LogP contribution in [0.15, 0.2) is 47.5 Å². The number of amides is 1. The number of aryl methyl sites for hydroxylation is 2. The second-order valence-corrected chi connectivity index (χ2v) is 6.82. The minimum Gasteiger partial charge on any atom is -0.315 e. The SMILES string of the molecule is CCCn1c(=NC(=O)c2ccc(C)cc2)sc2cccc(Cl)c21. The van der Waals surface area contributed by atoms with Crippen LogP contribution in [0.3, 0.4) is 0 Å². The van der Waals surface area contributed by atoms with E-state index in [4.69, 9.17) is 11.6 Å². The predicted molar refractivity (Wildman–Crippen MR) is 96.2 cm³/mol. The summed E-state index contributed by atoms with van der Waals surface area (Å²) in [7, 11) is 0. The molecule has 0 saturated heterocycles. The maximum atomic E-state index is 12.4. The molecule has 23 heavy (non-hydrogen) atoms. The number of fused-ring (bicyclic) bond motifs is 1. The third kappa shape index (κ3) is 3.23. The molecule has 2 aromatic carbocycles. The molecule has 5 heteroatoms. The molecule has 118 valence electrons. The van der Waals surface area contributed by atoms with Crippen molar-refractivity contribution in [2.24, 2.45) is 4.99 Å². The second-order valence-electron chi connectivity index (χ2n) is 5.41. The second kappa shape index (κ2) is 6.69. The van der Waals surface area contributed by atoms with Gasteiger partial charge in [-0.1, -0.05) is 53.6 Å². The van der Waals surface area contributed by atoms with Crippen molar-refractivity contribution in [3.8, 4) is 0 Å². The monoisotopic (exact) mass is 344 g/mol. The fourth-order valence-electron chi connectivity index (χ4n) is 2.45. The molecule has 3 rings (SSSR count). The highest BCUT2D eigenvalue weighted by molar-refractivity contribution is 7.16. The molecule has 0 saturated carbocycles. The van der Waals surface area contributed by atoms with E-state index < -0.39 is 0 Å². The van der Waals surface area contributed by atoms with E-state index in [2.05, 4.69) is 11.9 Å². The first-order chi connectivity index (χ1) is 11.1. The van der Waals surface area contributed by atoms with E-state index in [1.807, 2.05) is 54.0 Å². The van der Waals surface area contributed by atoms with Gasteiger partial charge in [-0.15, -0.1) is 0 Å². The summed E-state index contributed by atoms with van der Waals surface area (Å²) < 4.78 is 3.08. The van der Waals surface area contributed by atoms with Gasteiger partial charge in [-0.25, -0.2) is 0 Å². The summed E-state index contributed by atoms with van der Waals surface area (Å²) in [6.45, 7) is 4.87. The van der Waals surface area contributed by atoms with Gasteiger partial charge in [0.15, 0.2) is 4.80 Å². The summed E-state index contributed by atoms with van der Waals surface area (Å²) in [4.78, 5) is 17.5. The highest BCUT2D eigenvalue weighted by Crippen LogP contribution is 2.25. The van der Waals surface area contributed by atoms with Gasteiger partial charge in [-0.05, 0) is 37.6 Å². The lowest BCUT2D eigenvalue weighted by molar-refractivity contribution is 0.0998. The number of benzene rings is 2. The number of halogens is 1. The molecule has 0 spiro atoms. The Morgan fingerprint density at radius 2 is 1.96 bits per heavy atom. The van der Waals surface area contributed by atoms with Crippen LogP contribution in [-0.2, 0) is 6.54 Å². The molecule has 3 nitrogen and oxygen atoms in total. The summed E-state index contributed by atoms with van der Waals surface area (Å²) in [6.07, 6.45) is 0.947.